The van der Waals surface area contributed by atoms with Crippen molar-refractivity contribution < 1.29 is 9.21 Å². The van der Waals surface area contributed by atoms with Crippen LogP contribution in [0.4, 0.5) is 5.69 Å². The van der Waals surface area contributed by atoms with Crippen molar-refractivity contribution in [2.24, 2.45) is 0 Å². The molecular weight excluding hydrogens is 354 g/mol. The third kappa shape index (κ3) is 3.35. The number of fused-ring (bicyclic) bond motifs is 1. The molecule has 1 N–H and O–H groups in total. The van der Waals surface area contributed by atoms with Crippen LogP contribution in [0.15, 0.2) is 39.8 Å². The molecule has 1 amide bonds. The normalized spacial score (nSPS) is 15.1. The summed E-state index contributed by atoms with van der Waals surface area (Å²) in [5.41, 5.74) is 2.19. The minimum atomic E-state index is -0.346. The van der Waals surface area contributed by atoms with E-state index in [1.807, 2.05) is 24.3 Å². The maximum absolute atomic E-state index is 13.2. The Bertz CT molecular complexity index is 1060. The minimum Gasteiger partial charge on any atom is -0.442 e. The van der Waals surface area contributed by atoms with Gasteiger partial charge in [0.1, 0.15) is 17.5 Å². The monoisotopic (exact) mass is 379 g/mol. The van der Waals surface area contributed by atoms with E-state index < -0.39 is 0 Å². The van der Waals surface area contributed by atoms with E-state index in [2.05, 4.69) is 17.2 Å². The van der Waals surface area contributed by atoms with Crippen LogP contribution in [0.2, 0.25) is 0 Å². The molecule has 1 aromatic carbocycles. The third-order valence-electron chi connectivity index (χ3n) is 5.63. The number of nitrogens with one attached hydrogen (secondary N) is 1. The molecule has 6 heteroatoms. The molecule has 1 fully saturated rings. The van der Waals surface area contributed by atoms with Gasteiger partial charge in [-0.3, -0.25) is 14.2 Å². The predicted octanol–water partition coefficient (Wildman–Crippen LogP) is 4.62. The first-order valence-corrected chi connectivity index (χ1v) is 9.99. The lowest BCUT2D eigenvalue weighted by atomic mass is 9.95. The molecule has 0 bridgehead atoms. The fourth-order valence-corrected chi connectivity index (χ4v) is 4.03. The van der Waals surface area contributed by atoms with E-state index in [0.717, 1.165) is 32.1 Å². The van der Waals surface area contributed by atoms with Gasteiger partial charge in [0.15, 0.2) is 0 Å². The molecule has 0 radical (unpaired) electrons. The molecule has 0 atom stereocenters. The van der Waals surface area contributed by atoms with Gasteiger partial charge >= 0.3 is 0 Å². The number of benzene rings is 1. The topological polar surface area (TPSA) is 77.1 Å². The Kier molecular flexibility index (Phi) is 5.03. The van der Waals surface area contributed by atoms with Gasteiger partial charge in [-0.05, 0) is 43.9 Å². The van der Waals surface area contributed by atoms with E-state index >= 15 is 0 Å². The summed E-state index contributed by atoms with van der Waals surface area (Å²) in [5, 5.41) is 3.15. The molecule has 0 unspecified atom stereocenters. The predicted molar refractivity (Wildman–Crippen MR) is 109 cm³/mol. The van der Waals surface area contributed by atoms with Gasteiger partial charge in [-0.2, -0.15) is 0 Å². The summed E-state index contributed by atoms with van der Waals surface area (Å²) in [4.78, 5) is 30.5. The molecule has 1 saturated carbocycles. The van der Waals surface area contributed by atoms with Gasteiger partial charge in [-0.25, -0.2) is 4.98 Å². The number of amides is 1. The molecule has 28 heavy (non-hydrogen) atoms. The molecule has 1 aliphatic carbocycles. The van der Waals surface area contributed by atoms with Crippen LogP contribution in [-0.4, -0.2) is 15.5 Å². The Balaban J connectivity index is 1.71. The van der Waals surface area contributed by atoms with E-state index in [0.29, 0.717) is 11.4 Å². The minimum absolute atomic E-state index is 0.144. The molecule has 4 rings (SSSR count). The van der Waals surface area contributed by atoms with Crippen molar-refractivity contribution in [3.63, 3.8) is 0 Å². The van der Waals surface area contributed by atoms with Gasteiger partial charge in [-0.1, -0.05) is 38.3 Å². The molecule has 0 spiro atoms. The number of aromatic nitrogens is 2. The van der Waals surface area contributed by atoms with Crippen molar-refractivity contribution in [1.82, 2.24) is 9.55 Å². The first-order valence-electron chi connectivity index (χ1n) is 9.99. The Hall–Kier alpha value is -2.89. The lowest BCUT2D eigenvalue weighted by molar-refractivity contribution is 0.102. The number of anilines is 1. The van der Waals surface area contributed by atoms with Gasteiger partial charge < -0.3 is 9.73 Å². The summed E-state index contributed by atoms with van der Waals surface area (Å²) >= 11 is 0. The lowest BCUT2D eigenvalue weighted by Crippen LogP contribution is -2.27. The highest BCUT2D eigenvalue weighted by atomic mass is 16.3. The van der Waals surface area contributed by atoms with Crippen LogP contribution in [0, 0.1) is 6.92 Å². The van der Waals surface area contributed by atoms with Crippen LogP contribution < -0.4 is 10.9 Å². The second-order valence-electron chi connectivity index (χ2n) is 7.47. The third-order valence-corrected chi connectivity index (χ3v) is 5.63. The number of hydrogen-bond donors (Lipinski definition) is 1. The molecule has 0 saturated heterocycles. The van der Waals surface area contributed by atoms with E-state index in [9.17, 15) is 9.59 Å². The summed E-state index contributed by atoms with van der Waals surface area (Å²) in [6.45, 7) is 3.78. The van der Waals surface area contributed by atoms with Crippen molar-refractivity contribution in [2.45, 2.75) is 58.4 Å². The van der Waals surface area contributed by atoms with Gasteiger partial charge in [0, 0.05) is 11.7 Å². The first kappa shape index (κ1) is 18.5. The van der Waals surface area contributed by atoms with Gasteiger partial charge in [0.05, 0.1) is 5.56 Å². The summed E-state index contributed by atoms with van der Waals surface area (Å²) < 4.78 is 7.32. The van der Waals surface area contributed by atoms with Crippen molar-refractivity contribution in [1.29, 1.82) is 0 Å². The van der Waals surface area contributed by atoms with Gasteiger partial charge in [0.2, 0.25) is 5.71 Å². The molecule has 146 valence electrons. The smallest absolute Gasteiger partial charge is 0.265 e. The molecule has 0 aliphatic heterocycles. The summed E-state index contributed by atoms with van der Waals surface area (Å²) in [6.07, 6.45) is 7.86. The highest BCUT2D eigenvalue weighted by Gasteiger charge is 2.25. The van der Waals surface area contributed by atoms with Gasteiger partial charge in [0.25, 0.3) is 11.5 Å². The molecular formula is C22H25N3O3. The van der Waals surface area contributed by atoms with E-state index in [1.165, 1.54) is 12.0 Å². The quantitative estimate of drug-likeness (QED) is 0.718. The van der Waals surface area contributed by atoms with Crippen molar-refractivity contribution in [3.8, 4) is 0 Å². The maximum Gasteiger partial charge on any atom is 0.265 e. The number of carbonyl (C=O) groups excluding carboxylic acids is 1. The zero-order valence-electron chi connectivity index (χ0n) is 16.3. The van der Waals surface area contributed by atoms with Crippen LogP contribution in [-0.2, 0) is 6.42 Å². The van der Waals surface area contributed by atoms with E-state index in [1.54, 1.807) is 17.8 Å². The van der Waals surface area contributed by atoms with Crippen LogP contribution >= 0.6 is 0 Å². The fourth-order valence-electron chi connectivity index (χ4n) is 4.03. The Morgan fingerprint density at radius 1 is 1.21 bits per heavy atom. The SMILES string of the molecule is CCc1ccc(NC(=O)c2c(C)oc3ncn(C4CCCCC4)c(=O)c23)cc1. The first-order chi connectivity index (χ1) is 13.6. The second kappa shape index (κ2) is 7.62. The van der Waals surface area contributed by atoms with Crippen molar-refractivity contribution in [3.05, 3.63) is 57.8 Å². The summed E-state index contributed by atoms with van der Waals surface area (Å²) in [5.74, 6) is 0.0597. The van der Waals surface area contributed by atoms with E-state index in [-0.39, 0.29) is 34.2 Å². The zero-order valence-corrected chi connectivity index (χ0v) is 16.3. The standard InChI is InChI=1S/C22H25N3O3/c1-3-15-9-11-16(12-10-15)24-20(26)18-14(2)28-21-19(18)22(27)25(13-23-21)17-7-5-4-6-8-17/h9-13,17H,3-8H2,1-2H3,(H,24,26). The number of hydrogen-bond acceptors (Lipinski definition) is 4. The number of rotatable bonds is 4. The number of carbonyl (C=O) groups is 1. The van der Waals surface area contributed by atoms with Gasteiger partial charge in [-0.15, -0.1) is 0 Å². The largest absolute Gasteiger partial charge is 0.442 e. The fraction of sp³-hybridized carbons (Fsp3) is 0.409. The summed E-state index contributed by atoms with van der Waals surface area (Å²) in [6, 6.07) is 7.84. The average molecular weight is 379 g/mol. The van der Waals surface area contributed by atoms with E-state index in [4.69, 9.17) is 4.42 Å². The molecule has 3 aromatic rings. The van der Waals surface area contributed by atoms with Crippen LogP contribution in [0.3, 0.4) is 0 Å². The van der Waals surface area contributed by atoms with Crippen molar-refractivity contribution >= 4 is 22.7 Å². The zero-order chi connectivity index (χ0) is 19.7. The Morgan fingerprint density at radius 2 is 1.93 bits per heavy atom. The highest BCUT2D eigenvalue weighted by molar-refractivity contribution is 6.12. The van der Waals surface area contributed by atoms with Crippen LogP contribution in [0.5, 0.6) is 0 Å². The number of aryl methyl sites for hydroxylation is 2. The Morgan fingerprint density at radius 3 is 2.61 bits per heavy atom. The Labute approximate surface area is 163 Å². The van der Waals surface area contributed by atoms with Crippen LogP contribution in [0.25, 0.3) is 11.1 Å². The average Bonchev–Trinajstić information content (AvgIpc) is 3.06. The highest BCUT2D eigenvalue weighted by Crippen LogP contribution is 2.28. The molecule has 6 nitrogen and oxygen atoms in total. The molecule has 1 aliphatic rings. The lowest BCUT2D eigenvalue weighted by Gasteiger charge is -2.23. The number of nitrogens with zero attached hydrogens (tertiary/aromatic N) is 2. The summed E-state index contributed by atoms with van der Waals surface area (Å²) in [7, 11) is 0. The maximum atomic E-state index is 13.2. The molecule has 2 heterocycles. The van der Waals surface area contributed by atoms with Crippen molar-refractivity contribution in [2.75, 3.05) is 5.32 Å². The van der Waals surface area contributed by atoms with Crippen LogP contribution in [0.1, 0.15) is 66.8 Å². The molecule has 2 aromatic heterocycles. The number of furan rings is 1. The second-order valence-corrected chi connectivity index (χ2v) is 7.47.